The van der Waals surface area contributed by atoms with E-state index in [4.69, 9.17) is 9.97 Å². The fourth-order valence-corrected chi connectivity index (χ4v) is 6.52. The molecule has 0 fully saturated rings. The van der Waals surface area contributed by atoms with Gasteiger partial charge in [0, 0.05) is 41.2 Å². The summed E-state index contributed by atoms with van der Waals surface area (Å²) >= 11 is 0. The van der Waals surface area contributed by atoms with E-state index in [0.717, 1.165) is 51.3 Å². The van der Waals surface area contributed by atoms with E-state index in [9.17, 15) is 0 Å². The molecular formula is C31H18N4. The van der Waals surface area contributed by atoms with Gasteiger partial charge in [0.05, 0.1) is 11.0 Å². The second-order valence-corrected chi connectivity index (χ2v) is 9.65. The molecule has 0 N–H and O–H groups in total. The van der Waals surface area contributed by atoms with Gasteiger partial charge < -0.3 is 0 Å². The molecule has 4 aromatic heterocycles. The Bertz CT molecular complexity index is 2070. The summed E-state index contributed by atoms with van der Waals surface area (Å²) in [6.07, 6.45) is 7.59. The topological polar surface area (TPSA) is 43.1 Å². The van der Waals surface area contributed by atoms with Crippen molar-refractivity contribution in [2.24, 2.45) is 0 Å². The fourth-order valence-electron chi connectivity index (χ4n) is 6.52. The van der Waals surface area contributed by atoms with Crippen molar-refractivity contribution >= 4 is 38.5 Å². The van der Waals surface area contributed by atoms with Crippen molar-refractivity contribution in [2.75, 3.05) is 0 Å². The van der Waals surface area contributed by atoms with Gasteiger partial charge in [-0.05, 0) is 75.2 Å². The highest BCUT2D eigenvalue weighted by atomic mass is 15.1. The number of hydrogen-bond acceptors (Lipinski definition) is 3. The number of pyridine rings is 3. The van der Waals surface area contributed by atoms with E-state index >= 15 is 0 Å². The molecule has 0 aliphatic heterocycles. The largest absolute Gasteiger partial charge is 0.276 e. The molecule has 0 saturated carbocycles. The number of aromatic nitrogens is 4. The molecule has 162 valence electrons. The van der Waals surface area contributed by atoms with Crippen molar-refractivity contribution < 1.29 is 0 Å². The first kappa shape index (κ1) is 17.8. The zero-order valence-corrected chi connectivity index (χ0v) is 18.8. The molecule has 0 bridgehead atoms. The molecule has 7 aromatic rings. The third-order valence-corrected chi connectivity index (χ3v) is 8.03. The van der Waals surface area contributed by atoms with Gasteiger partial charge in [-0.3, -0.25) is 9.38 Å². The minimum atomic E-state index is 0.925. The van der Waals surface area contributed by atoms with Gasteiger partial charge in [-0.25, -0.2) is 9.97 Å². The lowest BCUT2D eigenvalue weighted by molar-refractivity contribution is 1.17. The van der Waals surface area contributed by atoms with Crippen LogP contribution in [-0.2, 0) is 12.8 Å². The molecule has 0 unspecified atom stereocenters. The first-order valence-corrected chi connectivity index (χ1v) is 12.0. The van der Waals surface area contributed by atoms with Crippen LogP contribution in [0.1, 0.15) is 22.3 Å². The third kappa shape index (κ3) is 2.11. The molecule has 4 heterocycles. The second kappa shape index (κ2) is 6.10. The Kier molecular flexibility index (Phi) is 3.11. The maximum atomic E-state index is 5.28. The third-order valence-electron chi connectivity index (χ3n) is 8.03. The van der Waals surface area contributed by atoms with E-state index < -0.39 is 0 Å². The van der Waals surface area contributed by atoms with Gasteiger partial charge in [0.2, 0.25) is 0 Å². The minimum Gasteiger partial charge on any atom is -0.276 e. The maximum absolute atomic E-state index is 5.28. The summed E-state index contributed by atoms with van der Waals surface area (Å²) in [6.45, 7) is 0. The quantitative estimate of drug-likeness (QED) is 0.243. The molecule has 9 rings (SSSR count). The Hall–Kier alpha value is -4.57. The van der Waals surface area contributed by atoms with E-state index in [1.807, 2.05) is 24.7 Å². The second-order valence-electron chi connectivity index (χ2n) is 9.65. The average Bonchev–Trinajstić information content (AvgIpc) is 3.60. The summed E-state index contributed by atoms with van der Waals surface area (Å²) in [5.41, 5.74) is 15.3. The van der Waals surface area contributed by atoms with Crippen molar-refractivity contribution in [2.45, 2.75) is 12.8 Å². The number of benzene rings is 3. The molecule has 0 saturated heterocycles. The first-order valence-electron chi connectivity index (χ1n) is 12.0. The van der Waals surface area contributed by atoms with E-state index in [-0.39, 0.29) is 0 Å². The van der Waals surface area contributed by atoms with Crippen LogP contribution in [-0.4, -0.2) is 19.4 Å². The van der Waals surface area contributed by atoms with E-state index in [2.05, 4.69) is 70.0 Å². The number of imidazole rings is 1. The highest BCUT2D eigenvalue weighted by molar-refractivity contribution is 6.13. The van der Waals surface area contributed by atoms with Crippen molar-refractivity contribution in [3.63, 3.8) is 0 Å². The summed E-state index contributed by atoms with van der Waals surface area (Å²) in [5.74, 6) is 0. The molecule has 35 heavy (non-hydrogen) atoms. The molecule has 4 nitrogen and oxygen atoms in total. The Labute approximate surface area is 200 Å². The van der Waals surface area contributed by atoms with Crippen molar-refractivity contribution in [1.29, 1.82) is 0 Å². The van der Waals surface area contributed by atoms with Gasteiger partial charge in [-0.15, -0.1) is 0 Å². The molecule has 3 aromatic carbocycles. The van der Waals surface area contributed by atoms with E-state index in [0.29, 0.717) is 0 Å². The predicted octanol–water partition coefficient (Wildman–Crippen LogP) is 6.73. The molecule has 4 heteroatoms. The highest BCUT2D eigenvalue weighted by Crippen LogP contribution is 2.48. The van der Waals surface area contributed by atoms with Gasteiger partial charge >= 0.3 is 0 Å². The summed E-state index contributed by atoms with van der Waals surface area (Å²) in [5, 5.41) is 3.30. The lowest BCUT2D eigenvalue weighted by atomic mass is 9.96. The van der Waals surface area contributed by atoms with Gasteiger partial charge in [-0.2, -0.15) is 0 Å². The van der Waals surface area contributed by atoms with Gasteiger partial charge in [0.25, 0.3) is 0 Å². The van der Waals surface area contributed by atoms with Gasteiger partial charge in [-0.1, -0.05) is 42.5 Å². The van der Waals surface area contributed by atoms with E-state index in [1.54, 1.807) is 0 Å². The van der Waals surface area contributed by atoms with Crippen LogP contribution in [0.5, 0.6) is 0 Å². The maximum Gasteiger partial charge on any atom is 0.147 e. The van der Waals surface area contributed by atoms with Crippen molar-refractivity contribution in [3.8, 4) is 22.3 Å². The van der Waals surface area contributed by atoms with Gasteiger partial charge in [0.15, 0.2) is 0 Å². The van der Waals surface area contributed by atoms with E-state index in [1.165, 1.54) is 44.5 Å². The minimum absolute atomic E-state index is 0.925. The Morgan fingerprint density at radius 1 is 0.600 bits per heavy atom. The summed E-state index contributed by atoms with van der Waals surface area (Å²) in [7, 11) is 0. The van der Waals surface area contributed by atoms with Crippen LogP contribution < -0.4 is 0 Å². The lowest BCUT2D eigenvalue weighted by Gasteiger charge is -2.08. The monoisotopic (exact) mass is 446 g/mol. The average molecular weight is 447 g/mol. The van der Waals surface area contributed by atoms with Crippen molar-refractivity contribution in [3.05, 3.63) is 108 Å². The molecule has 2 aliphatic rings. The Morgan fingerprint density at radius 2 is 1.40 bits per heavy atom. The zero-order valence-electron chi connectivity index (χ0n) is 18.8. The first-order chi connectivity index (χ1) is 17.4. The molecule has 0 radical (unpaired) electrons. The summed E-state index contributed by atoms with van der Waals surface area (Å²) in [4.78, 5) is 14.5. The lowest BCUT2D eigenvalue weighted by Crippen LogP contribution is -1.94. The fraction of sp³-hybridized carbons (Fsp3) is 0.0645. The number of rotatable bonds is 0. The molecule has 0 atom stereocenters. The van der Waals surface area contributed by atoms with Crippen LogP contribution in [0.25, 0.3) is 60.7 Å². The Balaban J connectivity index is 1.36. The number of hydrogen-bond donors (Lipinski definition) is 0. The smallest absolute Gasteiger partial charge is 0.147 e. The standard InChI is InChI=1S/C31H18N4/c1-2-5-18-17(4-1)14-24-19(18)7-8-20-21-9-10-28-29(26(21)15-25(20)24)34-31-23-11-13-32-16-27(23)22-6-3-12-33-30(22)35(28)31/h1-13,16H,14-15H2. The summed E-state index contributed by atoms with van der Waals surface area (Å²) < 4.78 is 2.23. The normalized spacial score (nSPS) is 13.5. The van der Waals surface area contributed by atoms with Crippen LogP contribution in [0.15, 0.2) is 85.3 Å². The van der Waals surface area contributed by atoms with Crippen LogP contribution >= 0.6 is 0 Å². The molecule has 2 aliphatic carbocycles. The van der Waals surface area contributed by atoms with Crippen LogP contribution in [0.3, 0.4) is 0 Å². The molecule has 0 spiro atoms. The van der Waals surface area contributed by atoms with Crippen LogP contribution in [0.2, 0.25) is 0 Å². The summed E-state index contributed by atoms with van der Waals surface area (Å²) in [6, 6.07) is 24.2. The number of fused-ring (bicyclic) bond motifs is 16. The zero-order chi connectivity index (χ0) is 22.7. The SMILES string of the molecule is c1ccc2c(c1)Cc1c-2ccc2c1Cc1c-2ccc2c1nc1c3ccncc3c3cccnc3n21. The molecule has 0 amide bonds. The Morgan fingerprint density at radius 3 is 2.37 bits per heavy atom. The van der Waals surface area contributed by atoms with Crippen LogP contribution in [0, 0.1) is 0 Å². The number of nitrogens with zero attached hydrogens (tertiary/aromatic N) is 4. The van der Waals surface area contributed by atoms with Gasteiger partial charge in [0.1, 0.15) is 11.3 Å². The van der Waals surface area contributed by atoms with Crippen LogP contribution in [0.4, 0.5) is 0 Å². The predicted molar refractivity (Wildman–Crippen MR) is 140 cm³/mol. The highest BCUT2D eigenvalue weighted by Gasteiger charge is 2.30. The molecular weight excluding hydrogens is 428 g/mol. The van der Waals surface area contributed by atoms with Crippen molar-refractivity contribution in [1.82, 2.24) is 19.4 Å².